The van der Waals surface area contributed by atoms with Crippen LogP contribution in [0.2, 0.25) is 0 Å². The standard InChI is InChI=1S/C20H23N3O2S2/c1-16-5-7-17(8-6-16)13-18(14-21)26-20-10-9-19(15-22-20)27(24,25)23-11-3-2-4-12-23/h5-10,15,18H,2-4,11-13H2,1H3. The summed E-state index contributed by atoms with van der Waals surface area (Å²) < 4.78 is 26.9. The summed E-state index contributed by atoms with van der Waals surface area (Å²) in [6, 6.07) is 13.7. The average molecular weight is 402 g/mol. The van der Waals surface area contributed by atoms with Gasteiger partial charge in [0.25, 0.3) is 0 Å². The summed E-state index contributed by atoms with van der Waals surface area (Å²) in [6.07, 6.45) is 4.92. The molecule has 2 aromatic rings. The van der Waals surface area contributed by atoms with Gasteiger partial charge in [0.1, 0.15) is 10.1 Å². The van der Waals surface area contributed by atoms with Crippen LogP contribution < -0.4 is 0 Å². The number of aryl methyl sites for hydroxylation is 1. The molecule has 1 aliphatic rings. The number of nitriles is 1. The van der Waals surface area contributed by atoms with E-state index in [9.17, 15) is 13.7 Å². The predicted octanol–water partition coefficient (Wildman–Crippen LogP) is 3.79. The third kappa shape index (κ3) is 5.10. The Balaban J connectivity index is 1.67. The molecule has 3 rings (SSSR count). The minimum Gasteiger partial charge on any atom is -0.248 e. The van der Waals surface area contributed by atoms with E-state index in [2.05, 4.69) is 11.1 Å². The molecule has 1 saturated heterocycles. The molecule has 1 aromatic heterocycles. The second kappa shape index (κ2) is 8.87. The van der Waals surface area contributed by atoms with Gasteiger partial charge in [-0.25, -0.2) is 13.4 Å². The minimum atomic E-state index is -3.47. The van der Waals surface area contributed by atoms with E-state index in [1.165, 1.54) is 27.8 Å². The number of aromatic nitrogens is 1. The Hall–Kier alpha value is -1.88. The molecule has 1 atom stereocenters. The summed E-state index contributed by atoms with van der Waals surface area (Å²) in [5.74, 6) is 0. The lowest BCUT2D eigenvalue weighted by Gasteiger charge is -2.25. The van der Waals surface area contributed by atoms with Crippen LogP contribution in [0.5, 0.6) is 0 Å². The summed E-state index contributed by atoms with van der Waals surface area (Å²) in [6.45, 7) is 3.18. The molecule has 0 radical (unpaired) electrons. The van der Waals surface area contributed by atoms with Crippen LogP contribution in [0.15, 0.2) is 52.5 Å². The Kier molecular flexibility index (Phi) is 6.53. The molecule has 27 heavy (non-hydrogen) atoms. The van der Waals surface area contributed by atoms with Crippen molar-refractivity contribution in [1.29, 1.82) is 5.26 Å². The van der Waals surface area contributed by atoms with E-state index >= 15 is 0 Å². The molecule has 1 unspecified atom stereocenters. The van der Waals surface area contributed by atoms with Crippen LogP contribution in [0.4, 0.5) is 0 Å². The van der Waals surface area contributed by atoms with Crippen LogP contribution in [-0.2, 0) is 16.4 Å². The molecule has 142 valence electrons. The van der Waals surface area contributed by atoms with E-state index in [1.807, 2.05) is 31.2 Å². The van der Waals surface area contributed by atoms with Crippen molar-refractivity contribution in [2.24, 2.45) is 0 Å². The van der Waals surface area contributed by atoms with Crippen molar-refractivity contribution in [2.75, 3.05) is 13.1 Å². The van der Waals surface area contributed by atoms with Gasteiger partial charge >= 0.3 is 0 Å². The first-order valence-corrected chi connectivity index (χ1v) is 11.4. The zero-order valence-electron chi connectivity index (χ0n) is 15.3. The molecule has 0 aliphatic carbocycles. The van der Waals surface area contributed by atoms with Crippen LogP contribution >= 0.6 is 11.8 Å². The molecule has 7 heteroatoms. The molecule has 2 heterocycles. The minimum absolute atomic E-state index is 0.223. The molecule has 0 amide bonds. The zero-order valence-corrected chi connectivity index (χ0v) is 17.0. The molecular weight excluding hydrogens is 378 g/mol. The van der Waals surface area contributed by atoms with E-state index < -0.39 is 10.0 Å². The van der Waals surface area contributed by atoms with Crippen LogP contribution in [0.3, 0.4) is 0 Å². The summed E-state index contributed by atoms with van der Waals surface area (Å²) >= 11 is 1.36. The fraction of sp³-hybridized carbons (Fsp3) is 0.400. The third-order valence-corrected chi connectivity index (χ3v) is 7.53. The van der Waals surface area contributed by atoms with Crippen molar-refractivity contribution in [3.63, 3.8) is 0 Å². The van der Waals surface area contributed by atoms with Crippen LogP contribution in [0, 0.1) is 18.3 Å². The number of benzene rings is 1. The zero-order chi connectivity index (χ0) is 19.3. The highest BCUT2D eigenvalue weighted by molar-refractivity contribution is 8.00. The van der Waals surface area contributed by atoms with E-state index in [0.717, 1.165) is 24.8 Å². The first kappa shape index (κ1) is 19.9. The van der Waals surface area contributed by atoms with Gasteiger partial charge in [-0.3, -0.25) is 0 Å². The SMILES string of the molecule is Cc1ccc(CC(C#N)Sc2ccc(S(=O)(=O)N3CCCCC3)cn2)cc1. The molecule has 5 nitrogen and oxygen atoms in total. The van der Waals surface area contributed by atoms with Gasteiger partial charge in [-0.2, -0.15) is 9.57 Å². The van der Waals surface area contributed by atoms with E-state index in [-0.39, 0.29) is 10.1 Å². The molecule has 0 N–H and O–H groups in total. The summed E-state index contributed by atoms with van der Waals surface area (Å²) in [7, 11) is -3.47. The topological polar surface area (TPSA) is 74.1 Å². The van der Waals surface area contributed by atoms with Gasteiger partial charge in [0.05, 0.1) is 11.1 Å². The van der Waals surface area contributed by atoms with Crippen molar-refractivity contribution in [3.8, 4) is 6.07 Å². The summed E-state index contributed by atoms with van der Waals surface area (Å²) in [5, 5.41) is 9.84. The van der Waals surface area contributed by atoms with Crippen LogP contribution in [0.1, 0.15) is 30.4 Å². The van der Waals surface area contributed by atoms with E-state index in [0.29, 0.717) is 24.5 Å². The lowest BCUT2D eigenvalue weighted by Crippen LogP contribution is -2.35. The number of thioether (sulfide) groups is 1. The fourth-order valence-corrected chi connectivity index (χ4v) is 5.38. The van der Waals surface area contributed by atoms with Crippen LogP contribution in [-0.4, -0.2) is 36.0 Å². The molecule has 0 bridgehead atoms. The fourth-order valence-electron chi connectivity index (χ4n) is 3.04. The predicted molar refractivity (Wildman–Crippen MR) is 107 cm³/mol. The van der Waals surface area contributed by atoms with Crippen molar-refractivity contribution in [1.82, 2.24) is 9.29 Å². The highest BCUT2D eigenvalue weighted by atomic mass is 32.2. The lowest BCUT2D eigenvalue weighted by atomic mass is 10.1. The molecule has 0 saturated carbocycles. The highest BCUT2D eigenvalue weighted by Gasteiger charge is 2.26. The van der Waals surface area contributed by atoms with Crippen molar-refractivity contribution >= 4 is 21.8 Å². The first-order valence-electron chi connectivity index (χ1n) is 9.07. The molecule has 0 spiro atoms. The average Bonchev–Trinajstić information content (AvgIpc) is 2.70. The first-order chi connectivity index (χ1) is 13.0. The maximum Gasteiger partial charge on any atom is 0.244 e. The Bertz CT molecular complexity index is 898. The quantitative estimate of drug-likeness (QED) is 0.689. The Morgan fingerprint density at radius 3 is 2.44 bits per heavy atom. The summed E-state index contributed by atoms with van der Waals surface area (Å²) in [5.41, 5.74) is 2.29. The Morgan fingerprint density at radius 1 is 1.15 bits per heavy atom. The third-order valence-electron chi connectivity index (χ3n) is 4.61. The number of rotatable bonds is 6. The maximum absolute atomic E-state index is 12.7. The normalized spacial score (nSPS) is 16.6. The number of sulfonamides is 1. The van der Waals surface area contributed by atoms with Crippen molar-refractivity contribution in [2.45, 2.75) is 47.8 Å². The number of hydrogen-bond acceptors (Lipinski definition) is 5. The molecule has 1 aliphatic heterocycles. The number of hydrogen-bond donors (Lipinski definition) is 0. The van der Waals surface area contributed by atoms with Crippen LogP contribution in [0.25, 0.3) is 0 Å². The van der Waals surface area contributed by atoms with Gasteiger partial charge in [-0.05, 0) is 43.9 Å². The smallest absolute Gasteiger partial charge is 0.244 e. The highest BCUT2D eigenvalue weighted by Crippen LogP contribution is 2.26. The molecular formula is C20H23N3O2S2. The molecule has 1 aromatic carbocycles. The second-order valence-electron chi connectivity index (χ2n) is 6.72. The number of piperidine rings is 1. The largest absolute Gasteiger partial charge is 0.248 e. The Morgan fingerprint density at radius 2 is 1.85 bits per heavy atom. The van der Waals surface area contributed by atoms with E-state index in [1.54, 1.807) is 12.1 Å². The van der Waals surface area contributed by atoms with Gasteiger partial charge in [-0.1, -0.05) is 48.0 Å². The van der Waals surface area contributed by atoms with E-state index in [4.69, 9.17) is 0 Å². The second-order valence-corrected chi connectivity index (χ2v) is 9.88. The number of nitrogens with zero attached hydrogens (tertiary/aromatic N) is 3. The van der Waals surface area contributed by atoms with Gasteiger partial charge in [0.2, 0.25) is 10.0 Å². The van der Waals surface area contributed by atoms with Gasteiger partial charge in [-0.15, -0.1) is 0 Å². The van der Waals surface area contributed by atoms with Crippen molar-refractivity contribution < 1.29 is 8.42 Å². The van der Waals surface area contributed by atoms with Crippen molar-refractivity contribution in [3.05, 3.63) is 53.7 Å². The van der Waals surface area contributed by atoms with Gasteiger partial charge in [0.15, 0.2) is 0 Å². The number of pyridine rings is 1. The maximum atomic E-state index is 12.7. The molecule has 1 fully saturated rings. The van der Waals surface area contributed by atoms with Gasteiger partial charge in [0, 0.05) is 19.3 Å². The Labute approximate surface area is 165 Å². The summed E-state index contributed by atoms with van der Waals surface area (Å²) in [4.78, 5) is 4.51. The monoisotopic (exact) mass is 401 g/mol. The lowest BCUT2D eigenvalue weighted by molar-refractivity contribution is 0.346. The van der Waals surface area contributed by atoms with Gasteiger partial charge < -0.3 is 0 Å².